The molecule has 0 fully saturated rings. The van der Waals surface area contributed by atoms with Gasteiger partial charge in [0.05, 0.1) is 17.9 Å². The number of anilines is 1. The number of fused-ring (bicyclic) bond motifs is 1. The van der Waals surface area contributed by atoms with Crippen molar-refractivity contribution in [1.82, 2.24) is 15.0 Å². The molecule has 2 heterocycles. The maximum atomic E-state index is 12.3. The fourth-order valence-electron chi connectivity index (χ4n) is 2.38. The molecule has 3 rings (SSSR count). The number of hydrogen-bond acceptors (Lipinski definition) is 5. The Bertz CT molecular complexity index is 913. The molecule has 1 aliphatic rings. The molecule has 9 heteroatoms. The Balaban J connectivity index is 1.58. The van der Waals surface area contributed by atoms with Crippen LogP contribution in [0, 0.1) is 0 Å². The number of carbonyl (C=O) groups excluding carboxylic acids is 2. The molecule has 0 unspecified atom stereocenters. The largest absolute Gasteiger partial charge is 0.351 e. The first kappa shape index (κ1) is 17.1. The predicted molar refractivity (Wildman–Crippen MR) is 90.0 cm³/mol. The van der Waals surface area contributed by atoms with Crippen molar-refractivity contribution < 1.29 is 18.0 Å². The number of aromatic nitrogens is 1. The zero-order chi connectivity index (χ0) is 17.9. The zero-order valence-corrected chi connectivity index (χ0v) is 14.0. The van der Waals surface area contributed by atoms with Crippen molar-refractivity contribution in [3.05, 3.63) is 53.9 Å². The molecule has 1 aromatic heterocycles. The Hall–Kier alpha value is -2.78. The first-order chi connectivity index (χ1) is 11.9. The summed E-state index contributed by atoms with van der Waals surface area (Å²) < 4.78 is 26.8. The lowest BCUT2D eigenvalue weighted by Gasteiger charge is -2.09. The minimum atomic E-state index is -3.84. The van der Waals surface area contributed by atoms with E-state index in [9.17, 15) is 18.0 Å². The number of rotatable bonds is 6. The molecule has 1 aromatic carbocycles. The standard InChI is InChI=1S/C16H16N4O4S/c21-15-8-12-7-13(1-2-14(12)20-15)25(23,24)19-10-16(22)18-9-11-3-5-17-6-4-11/h1-7,19H,8-10H2,(H,18,22)(H,20,21). The number of sulfonamides is 1. The van der Waals surface area contributed by atoms with Crippen LogP contribution < -0.4 is 15.4 Å². The van der Waals surface area contributed by atoms with E-state index in [0.29, 0.717) is 11.3 Å². The summed E-state index contributed by atoms with van der Waals surface area (Å²) in [5.41, 5.74) is 2.09. The van der Waals surface area contributed by atoms with Crippen LogP contribution in [0.2, 0.25) is 0 Å². The van der Waals surface area contributed by atoms with E-state index >= 15 is 0 Å². The minimum Gasteiger partial charge on any atom is -0.351 e. The van der Waals surface area contributed by atoms with Crippen molar-refractivity contribution in [2.75, 3.05) is 11.9 Å². The molecular formula is C16H16N4O4S. The maximum Gasteiger partial charge on any atom is 0.241 e. The van der Waals surface area contributed by atoms with Crippen LogP contribution in [-0.4, -0.2) is 31.8 Å². The summed E-state index contributed by atoms with van der Waals surface area (Å²) in [4.78, 5) is 27.0. The summed E-state index contributed by atoms with van der Waals surface area (Å²) in [5, 5.41) is 5.26. The Morgan fingerprint density at radius 2 is 1.96 bits per heavy atom. The predicted octanol–water partition coefficient (Wildman–Crippen LogP) is 0.171. The summed E-state index contributed by atoms with van der Waals surface area (Å²) in [6, 6.07) is 7.87. The molecule has 25 heavy (non-hydrogen) atoms. The molecule has 130 valence electrons. The quantitative estimate of drug-likeness (QED) is 0.679. The van der Waals surface area contributed by atoms with Crippen molar-refractivity contribution in [3.8, 4) is 0 Å². The first-order valence-electron chi connectivity index (χ1n) is 7.52. The molecule has 1 aliphatic heterocycles. The normalized spacial score (nSPS) is 13.2. The third-order valence-electron chi connectivity index (χ3n) is 3.67. The molecule has 0 saturated carbocycles. The lowest BCUT2D eigenvalue weighted by Crippen LogP contribution is -2.36. The van der Waals surface area contributed by atoms with Gasteiger partial charge >= 0.3 is 0 Å². The first-order valence-corrected chi connectivity index (χ1v) is 9.00. The number of pyridine rings is 1. The molecule has 2 amide bonds. The van der Waals surface area contributed by atoms with Gasteiger partial charge in [0, 0.05) is 24.6 Å². The smallest absolute Gasteiger partial charge is 0.241 e. The van der Waals surface area contributed by atoms with Crippen molar-refractivity contribution >= 4 is 27.5 Å². The van der Waals surface area contributed by atoms with Gasteiger partial charge in [0.25, 0.3) is 0 Å². The number of amides is 2. The van der Waals surface area contributed by atoms with Gasteiger partial charge in [0.1, 0.15) is 0 Å². The molecule has 0 spiro atoms. The third kappa shape index (κ3) is 4.20. The fourth-order valence-corrected chi connectivity index (χ4v) is 3.41. The lowest BCUT2D eigenvalue weighted by atomic mass is 10.2. The average molecular weight is 360 g/mol. The highest BCUT2D eigenvalue weighted by Gasteiger charge is 2.22. The second-order valence-electron chi connectivity index (χ2n) is 5.50. The average Bonchev–Trinajstić information content (AvgIpc) is 2.98. The Kier molecular flexibility index (Phi) is 4.77. The van der Waals surface area contributed by atoms with E-state index in [-0.39, 0.29) is 30.3 Å². The van der Waals surface area contributed by atoms with Crippen molar-refractivity contribution in [2.24, 2.45) is 0 Å². The van der Waals surface area contributed by atoms with Crippen LogP contribution in [0.15, 0.2) is 47.6 Å². The molecule has 8 nitrogen and oxygen atoms in total. The number of carbonyl (C=O) groups is 2. The number of nitrogens with zero attached hydrogens (tertiary/aromatic N) is 1. The van der Waals surface area contributed by atoms with Gasteiger partial charge in [-0.05, 0) is 41.5 Å². The lowest BCUT2D eigenvalue weighted by molar-refractivity contribution is -0.120. The summed E-state index contributed by atoms with van der Waals surface area (Å²) in [6.45, 7) is -0.0859. The SMILES string of the molecule is O=C(CNS(=O)(=O)c1ccc2c(c1)CC(=O)N2)NCc1ccncc1. The molecule has 3 N–H and O–H groups in total. The second-order valence-corrected chi connectivity index (χ2v) is 7.27. The van der Waals surface area contributed by atoms with Crippen molar-refractivity contribution in [3.63, 3.8) is 0 Å². The van der Waals surface area contributed by atoms with Crippen LogP contribution in [0.1, 0.15) is 11.1 Å². The van der Waals surface area contributed by atoms with Gasteiger partial charge in [-0.25, -0.2) is 13.1 Å². The Morgan fingerprint density at radius 3 is 2.72 bits per heavy atom. The molecule has 0 radical (unpaired) electrons. The van der Waals surface area contributed by atoms with Gasteiger partial charge in [-0.2, -0.15) is 0 Å². The summed E-state index contributed by atoms with van der Waals surface area (Å²) >= 11 is 0. The van der Waals surface area contributed by atoms with Crippen LogP contribution in [0.3, 0.4) is 0 Å². The van der Waals surface area contributed by atoms with Gasteiger partial charge in [-0.3, -0.25) is 14.6 Å². The molecule has 0 saturated heterocycles. The second kappa shape index (κ2) is 6.99. The van der Waals surface area contributed by atoms with Crippen molar-refractivity contribution in [1.29, 1.82) is 0 Å². The van der Waals surface area contributed by atoms with Gasteiger partial charge < -0.3 is 10.6 Å². The topological polar surface area (TPSA) is 117 Å². The van der Waals surface area contributed by atoms with E-state index < -0.39 is 15.9 Å². The summed E-state index contributed by atoms with van der Waals surface area (Å²) in [5.74, 6) is -0.619. The number of benzene rings is 1. The number of hydrogen-bond donors (Lipinski definition) is 3. The van der Waals surface area contributed by atoms with Crippen LogP contribution >= 0.6 is 0 Å². The molecule has 0 atom stereocenters. The van der Waals surface area contributed by atoms with E-state index in [2.05, 4.69) is 20.3 Å². The molecule has 0 aliphatic carbocycles. The van der Waals surface area contributed by atoms with Gasteiger partial charge in [-0.1, -0.05) is 0 Å². The molecule has 2 aromatic rings. The fraction of sp³-hybridized carbons (Fsp3) is 0.188. The number of nitrogens with one attached hydrogen (secondary N) is 3. The summed E-state index contributed by atoms with van der Waals surface area (Å²) in [7, 11) is -3.84. The Morgan fingerprint density at radius 1 is 1.20 bits per heavy atom. The van der Waals surface area contributed by atoms with Gasteiger partial charge in [0.2, 0.25) is 21.8 Å². The zero-order valence-electron chi connectivity index (χ0n) is 13.2. The van der Waals surface area contributed by atoms with Crippen molar-refractivity contribution in [2.45, 2.75) is 17.9 Å². The van der Waals surface area contributed by atoms with E-state index in [1.807, 2.05) is 0 Å². The van der Waals surface area contributed by atoms with Gasteiger partial charge in [0.15, 0.2) is 0 Å². The van der Waals surface area contributed by atoms with E-state index in [0.717, 1.165) is 5.56 Å². The minimum absolute atomic E-state index is 0.0182. The third-order valence-corrected chi connectivity index (χ3v) is 5.07. The van der Waals surface area contributed by atoms with E-state index in [4.69, 9.17) is 0 Å². The maximum absolute atomic E-state index is 12.3. The van der Waals surface area contributed by atoms with E-state index in [1.165, 1.54) is 18.2 Å². The van der Waals surface area contributed by atoms with Gasteiger partial charge in [-0.15, -0.1) is 0 Å². The van der Waals surface area contributed by atoms with Crippen LogP contribution in [0.4, 0.5) is 5.69 Å². The molecular weight excluding hydrogens is 344 g/mol. The molecule has 0 bridgehead atoms. The van der Waals surface area contributed by atoms with Crippen LogP contribution in [-0.2, 0) is 32.6 Å². The highest BCUT2D eigenvalue weighted by Crippen LogP contribution is 2.25. The van der Waals surface area contributed by atoms with Crippen LogP contribution in [0.25, 0.3) is 0 Å². The Labute approximate surface area is 144 Å². The summed E-state index contributed by atoms with van der Waals surface area (Å²) in [6.07, 6.45) is 3.36. The highest BCUT2D eigenvalue weighted by molar-refractivity contribution is 7.89. The monoisotopic (exact) mass is 360 g/mol. The van der Waals surface area contributed by atoms with Crippen LogP contribution in [0.5, 0.6) is 0 Å². The van der Waals surface area contributed by atoms with E-state index in [1.54, 1.807) is 24.5 Å². The highest BCUT2D eigenvalue weighted by atomic mass is 32.2.